The summed E-state index contributed by atoms with van der Waals surface area (Å²) in [5.41, 5.74) is 1.13. The molecule has 1 aromatic carbocycles. The number of aromatic nitrogens is 2. The Bertz CT molecular complexity index is 1250. The third-order valence-corrected chi connectivity index (χ3v) is 9.41. The predicted molar refractivity (Wildman–Crippen MR) is 137 cm³/mol. The summed E-state index contributed by atoms with van der Waals surface area (Å²) in [6.45, 7) is 9.18. The van der Waals surface area contributed by atoms with Crippen LogP contribution in [0, 0.1) is 0 Å². The summed E-state index contributed by atoms with van der Waals surface area (Å²) >= 11 is 0. The second kappa shape index (κ2) is 9.25. The van der Waals surface area contributed by atoms with Crippen LogP contribution in [0.3, 0.4) is 0 Å². The van der Waals surface area contributed by atoms with Crippen molar-refractivity contribution >= 4 is 32.5 Å². The molecule has 0 radical (unpaired) electrons. The second-order valence-electron chi connectivity index (χ2n) is 11.1. The first-order chi connectivity index (χ1) is 17.0. The molecule has 9 nitrogen and oxygen atoms in total. The number of sulfonamides is 1. The van der Waals surface area contributed by atoms with E-state index in [1.165, 1.54) is 0 Å². The highest BCUT2D eigenvalue weighted by Gasteiger charge is 2.42. The smallest absolute Gasteiger partial charge is 0.241 e. The molecule has 5 rings (SSSR count). The van der Waals surface area contributed by atoms with Gasteiger partial charge in [0.05, 0.1) is 28.7 Å². The van der Waals surface area contributed by atoms with Gasteiger partial charge in [0.1, 0.15) is 6.67 Å². The van der Waals surface area contributed by atoms with E-state index in [-0.39, 0.29) is 28.9 Å². The molecule has 3 heterocycles. The van der Waals surface area contributed by atoms with Crippen molar-refractivity contribution in [2.24, 2.45) is 0 Å². The van der Waals surface area contributed by atoms with E-state index in [1.54, 1.807) is 34.8 Å². The molecule has 1 aliphatic carbocycles. The summed E-state index contributed by atoms with van der Waals surface area (Å²) in [5, 5.41) is 9.06. The molecule has 0 spiro atoms. The van der Waals surface area contributed by atoms with E-state index in [0.29, 0.717) is 24.9 Å². The number of alkyl halides is 1. The van der Waals surface area contributed by atoms with Crippen LogP contribution in [0.4, 0.5) is 10.1 Å². The minimum absolute atomic E-state index is 0.0776. The van der Waals surface area contributed by atoms with Crippen molar-refractivity contribution in [2.75, 3.05) is 31.2 Å². The van der Waals surface area contributed by atoms with Crippen molar-refractivity contribution in [1.29, 1.82) is 0 Å². The first kappa shape index (κ1) is 25.4. The van der Waals surface area contributed by atoms with Gasteiger partial charge in [-0.1, -0.05) is 6.92 Å². The van der Waals surface area contributed by atoms with Crippen molar-refractivity contribution in [3.05, 3.63) is 18.3 Å². The van der Waals surface area contributed by atoms with Crippen molar-refractivity contribution in [3.63, 3.8) is 0 Å². The molecule has 4 atom stereocenters. The number of piperazine rings is 1. The molecule has 3 aliphatic rings. The zero-order chi connectivity index (χ0) is 25.8. The topological polar surface area (TPSA) is 99.6 Å². The number of halogens is 1. The Morgan fingerprint density at radius 3 is 2.53 bits per heavy atom. The fraction of sp³-hybridized carbons (Fsp3) is 0.680. The average Bonchev–Trinajstić information content (AvgIpc) is 3.22. The third kappa shape index (κ3) is 4.72. The standard InChI is InChI=1S/C25H37FN6O3S/c1-5-24(33)31-15-19(8-18(31)11-26)32-23-10-20(36(34,35)29-25(4)6-7-25)9-22(21(23)12-27-32)30-13-16(2)28-17(3)14-30/h9-10,12,16-19,28-29H,5-8,11,13-15H2,1-4H3/t16-,17-,18-,19+/m0/s1. The van der Waals surface area contributed by atoms with Gasteiger partial charge < -0.3 is 15.1 Å². The second-order valence-corrected chi connectivity index (χ2v) is 12.8. The van der Waals surface area contributed by atoms with E-state index in [0.717, 1.165) is 37.0 Å². The zero-order valence-electron chi connectivity index (χ0n) is 21.5. The molecule has 11 heteroatoms. The average molecular weight is 521 g/mol. The van der Waals surface area contributed by atoms with Crippen LogP contribution in [-0.4, -0.2) is 79.0 Å². The molecule has 1 amide bonds. The van der Waals surface area contributed by atoms with E-state index in [2.05, 4.69) is 33.9 Å². The third-order valence-electron chi connectivity index (χ3n) is 7.80. The van der Waals surface area contributed by atoms with Crippen LogP contribution in [0.15, 0.2) is 23.2 Å². The van der Waals surface area contributed by atoms with Crippen LogP contribution in [0.2, 0.25) is 0 Å². The van der Waals surface area contributed by atoms with Crippen LogP contribution < -0.4 is 14.9 Å². The quantitative estimate of drug-likeness (QED) is 0.582. The normalized spacial score (nSPS) is 28.1. The summed E-state index contributed by atoms with van der Waals surface area (Å²) < 4.78 is 45.4. The molecule has 2 aromatic rings. The van der Waals surface area contributed by atoms with Gasteiger partial charge in [0.2, 0.25) is 15.9 Å². The van der Waals surface area contributed by atoms with Crippen LogP contribution in [-0.2, 0) is 14.8 Å². The number of nitrogens with zero attached hydrogens (tertiary/aromatic N) is 4. The summed E-state index contributed by atoms with van der Waals surface area (Å²) in [4.78, 5) is 16.5. The number of rotatable bonds is 7. The van der Waals surface area contributed by atoms with E-state index in [9.17, 15) is 17.6 Å². The molecular formula is C25H37FN6O3S. The molecule has 198 valence electrons. The van der Waals surface area contributed by atoms with Crippen LogP contribution in [0.25, 0.3) is 10.9 Å². The molecule has 1 aromatic heterocycles. The Balaban J connectivity index is 1.60. The van der Waals surface area contributed by atoms with Crippen molar-refractivity contribution in [1.82, 2.24) is 24.7 Å². The maximum Gasteiger partial charge on any atom is 0.241 e. The number of carbonyl (C=O) groups excluding carboxylic acids is 1. The number of hydrogen-bond donors (Lipinski definition) is 2. The highest BCUT2D eigenvalue weighted by Crippen LogP contribution is 2.39. The Labute approximate surface area is 212 Å². The molecule has 2 N–H and O–H groups in total. The van der Waals surface area contributed by atoms with E-state index < -0.39 is 28.3 Å². The number of nitrogens with one attached hydrogen (secondary N) is 2. The molecule has 0 bridgehead atoms. The molecule has 1 saturated carbocycles. The summed E-state index contributed by atoms with van der Waals surface area (Å²) in [6.07, 6.45) is 4.19. The number of likely N-dealkylation sites (tertiary alicyclic amines) is 1. The lowest BCUT2D eigenvalue weighted by molar-refractivity contribution is -0.132. The maximum absolute atomic E-state index is 13.8. The minimum Gasteiger partial charge on any atom is -0.368 e. The van der Waals surface area contributed by atoms with E-state index in [4.69, 9.17) is 0 Å². The van der Waals surface area contributed by atoms with Gasteiger partial charge in [0.15, 0.2) is 0 Å². The van der Waals surface area contributed by atoms with Gasteiger partial charge in [-0.05, 0) is 52.2 Å². The van der Waals surface area contributed by atoms with Crippen LogP contribution >= 0.6 is 0 Å². The fourth-order valence-electron chi connectivity index (χ4n) is 5.73. The Kier molecular flexibility index (Phi) is 6.53. The monoisotopic (exact) mass is 520 g/mol. The fourth-order valence-corrected chi connectivity index (χ4v) is 7.23. The van der Waals surface area contributed by atoms with Gasteiger partial charge in [-0.15, -0.1) is 0 Å². The lowest BCUT2D eigenvalue weighted by atomic mass is 10.1. The lowest BCUT2D eigenvalue weighted by Gasteiger charge is -2.38. The number of hydrogen-bond acceptors (Lipinski definition) is 6. The first-order valence-electron chi connectivity index (χ1n) is 12.9. The van der Waals surface area contributed by atoms with Crippen molar-refractivity contribution < 1.29 is 17.6 Å². The van der Waals surface area contributed by atoms with Gasteiger partial charge in [-0.3, -0.25) is 9.48 Å². The Morgan fingerprint density at radius 2 is 1.92 bits per heavy atom. The number of carbonyl (C=O) groups is 1. The van der Waals surface area contributed by atoms with Crippen molar-refractivity contribution in [2.45, 2.75) is 88.0 Å². The molecule has 2 saturated heterocycles. The van der Waals surface area contributed by atoms with Gasteiger partial charge >= 0.3 is 0 Å². The SMILES string of the molecule is CCC(=O)N1C[C@H](n2ncc3c(N4C[C@H](C)N[C@@H](C)C4)cc(S(=O)(=O)NC4(C)CC4)cc32)C[C@H]1CF. The Hall–Kier alpha value is -2.24. The molecule has 2 aliphatic heterocycles. The number of anilines is 1. The molecular weight excluding hydrogens is 483 g/mol. The molecule has 3 fully saturated rings. The van der Waals surface area contributed by atoms with Gasteiger partial charge in [-0.2, -0.15) is 5.10 Å². The summed E-state index contributed by atoms with van der Waals surface area (Å²) in [5.74, 6) is -0.0776. The van der Waals surface area contributed by atoms with E-state index in [1.807, 2.05) is 6.92 Å². The van der Waals surface area contributed by atoms with E-state index >= 15 is 0 Å². The number of benzene rings is 1. The van der Waals surface area contributed by atoms with Crippen molar-refractivity contribution in [3.8, 4) is 0 Å². The highest BCUT2D eigenvalue weighted by atomic mass is 32.2. The Morgan fingerprint density at radius 1 is 1.22 bits per heavy atom. The van der Waals surface area contributed by atoms with Crippen LogP contribution in [0.1, 0.15) is 59.4 Å². The van der Waals surface area contributed by atoms with Gasteiger partial charge in [0.25, 0.3) is 0 Å². The first-order valence-corrected chi connectivity index (χ1v) is 14.4. The van der Waals surface area contributed by atoms with Gasteiger partial charge in [-0.25, -0.2) is 17.5 Å². The van der Waals surface area contributed by atoms with Crippen LogP contribution in [0.5, 0.6) is 0 Å². The summed E-state index contributed by atoms with van der Waals surface area (Å²) in [6, 6.07) is 3.23. The van der Waals surface area contributed by atoms with Gasteiger partial charge in [0, 0.05) is 54.8 Å². The lowest BCUT2D eigenvalue weighted by Crippen LogP contribution is -2.54. The summed E-state index contributed by atoms with van der Waals surface area (Å²) in [7, 11) is -3.75. The molecule has 0 unspecified atom stereocenters. The maximum atomic E-state index is 13.8. The minimum atomic E-state index is -3.75. The number of amides is 1. The largest absolute Gasteiger partial charge is 0.368 e. The zero-order valence-corrected chi connectivity index (χ0v) is 22.3. The molecule has 36 heavy (non-hydrogen) atoms. The number of fused-ring (bicyclic) bond motifs is 1. The predicted octanol–water partition coefficient (Wildman–Crippen LogP) is 2.58. The highest BCUT2D eigenvalue weighted by molar-refractivity contribution is 7.89.